The van der Waals surface area contributed by atoms with E-state index in [1.807, 2.05) is 36.4 Å². The topological polar surface area (TPSA) is 40.5 Å². The molecule has 2 aromatic carbocycles. The molecule has 0 spiro atoms. The minimum atomic E-state index is -0.708. The third-order valence-electron chi connectivity index (χ3n) is 4.63. The molecule has 24 heavy (non-hydrogen) atoms. The third kappa shape index (κ3) is 3.92. The molecule has 124 valence electrons. The summed E-state index contributed by atoms with van der Waals surface area (Å²) in [6, 6.07) is 20.2. The average Bonchev–Trinajstić information content (AvgIpc) is 3.10. The van der Waals surface area contributed by atoms with Gasteiger partial charge in [0.2, 0.25) is 0 Å². The summed E-state index contributed by atoms with van der Waals surface area (Å²) in [6.07, 6.45) is 6.76. The van der Waals surface area contributed by atoms with Crippen LogP contribution in [0, 0.1) is 0 Å². The zero-order valence-electron chi connectivity index (χ0n) is 13.7. The normalized spacial score (nSPS) is 19.6. The zero-order chi connectivity index (χ0) is 16.8. The Bertz CT molecular complexity index is 681. The monoisotopic (exact) mass is 321 g/mol. The molecule has 1 fully saturated rings. The van der Waals surface area contributed by atoms with Crippen LogP contribution in [0.4, 0.5) is 0 Å². The van der Waals surface area contributed by atoms with Crippen molar-refractivity contribution in [3.05, 3.63) is 77.9 Å². The number of likely N-dealkylation sites (tertiary alicyclic amines) is 1. The van der Waals surface area contributed by atoms with E-state index < -0.39 is 5.97 Å². The minimum absolute atomic E-state index is 0.106. The van der Waals surface area contributed by atoms with Gasteiger partial charge < -0.3 is 5.11 Å². The van der Waals surface area contributed by atoms with Crippen LogP contribution in [0.5, 0.6) is 0 Å². The first kappa shape index (κ1) is 16.5. The second kappa shape index (κ2) is 7.93. The molecule has 1 N–H and O–H groups in total. The standard InChI is InChI=1S/C21H23NO2/c23-21(24)20-15-8-16-22(20)19(18-12-5-2-6-13-18)14-7-11-17-9-3-1-4-10-17/h1-7,9-13,19-20H,8,14-16H2,(H,23,24)/t19?,20-/m0/s1. The van der Waals surface area contributed by atoms with Crippen LogP contribution >= 0.6 is 0 Å². The van der Waals surface area contributed by atoms with Gasteiger partial charge in [-0.15, -0.1) is 0 Å². The van der Waals surface area contributed by atoms with Gasteiger partial charge in [-0.3, -0.25) is 9.69 Å². The van der Waals surface area contributed by atoms with E-state index in [1.165, 1.54) is 11.1 Å². The van der Waals surface area contributed by atoms with Gasteiger partial charge in [-0.2, -0.15) is 0 Å². The van der Waals surface area contributed by atoms with Crippen molar-refractivity contribution in [2.24, 2.45) is 0 Å². The number of carboxylic acid groups (broad SMARTS) is 1. The van der Waals surface area contributed by atoms with E-state index in [0.29, 0.717) is 0 Å². The summed E-state index contributed by atoms with van der Waals surface area (Å²) in [5.41, 5.74) is 2.35. The van der Waals surface area contributed by atoms with Crippen molar-refractivity contribution in [3.8, 4) is 0 Å². The summed E-state index contributed by atoms with van der Waals surface area (Å²) in [5, 5.41) is 9.52. The average molecular weight is 321 g/mol. The van der Waals surface area contributed by atoms with Gasteiger partial charge >= 0.3 is 5.97 Å². The van der Waals surface area contributed by atoms with Crippen molar-refractivity contribution in [1.82, 2.24) is 4.90 Å². The lowest BCUT2D eigenvalue weighted by Crippen LogP contribution is -2.38. The first-order valence-corrected chi connectivity index (χ1v) is 8.51. The maximum absolute atomic E-state index is 11.6. The van der Waals surface area contributed by atoms with Gasteiger partial charge in [-0.25, -0.2) is 0 Å². The Hall–Kier alpha value is -2.39. The van der Waals surface area contributed by atoms with Crippen LogP contribution < -0.4 is 0 Å². The molecule has 0 amide bonds. The Balaban J connectivity index is 1.80. The van der Waals surface area contributed by atoms with Crippen LogP contribution in [0.15, 0.2) is 66.7 Å². The van der Waals surface area contributed by atoms with Crippen molar-refractivity contribution in [2.75, 3.05) is 6.54 Å². The van der Waals surface area contributed by atoms with Gasteiger partial charge in [0.25, 0.3) is 0 Å². The number of carboxylic acids is 1. The van der Waals surface area contributed by atoms with E-state index in [4.69, 9.17) is 0 Å². The molecular weight excluding hydrogens is 298 g/mol. The number of hydrogen-bond donors (Lipinski definition) is 1. The second-order valence-corrected chi connectivity index (χ2v) is 6.21. The van der Waals surface area contributed by atoms with E-state index in [9.17, 15) is 9.90 Å². The molecular formula is C21H23NO2. The number of rotatable bonds is 6. The van der Waals surface area contributed by atoms with Gasteiger partial charge in [-0.05, 0) is 36.9 Å². The maximum Gasteiger partial charge on any atom is 0.320 e. The van der Waals surface area contributed by atoms with Gasteiger partial charge in [0.15, 0.2) is 0 Å². The van der Waals surface area contributed by atoms with Crippen molar-refractivity contribution in [2.45, 2.75) is 31.3 Å². The van der Waals surface area contributed by atoms with Crippen LogP contribution in [-0.4, -0.2) is 28.6 Å². The summed E-state index contributed by atoms with van der Waals surface area (Å²) in [6.45, 7) is 0.843. The highest BCUT2D eigenvalue weighted by atomic mass is 16.4. The van der Waals surface area contributed by atoms with Gasteiger partial charge in [-0.1, -0.05) is 72.8 Å². The third-order valence-corrected chi connectivity index (χ3v) is 4.63. The molecule has 0 aliphatic carbocycles. The smallest absolute Gasteiger partial charge is 0.320 e. The molecule has 3 heteroatoms. The van der Waals surface area contributed by atoms with Crippen LogP contribution in [0.3, 0.4) is 0 Å². The summed E-state index contributed by atoms with van der Waals surface area (Å²) >= 11 is 0. The fraction of sp³-hybridized carbons (Fsp3) is 0.286. The SMILES string of the molecule is O=C(O)[C@@H]1CCCN1C(CC=Cc1ccccc1)c1ccccc1. The first-order chi connectivity index (χ1) is 11.8. The van der Waals surface area contributed by atoms with Crippen LogP contribution in [-0.2, 0) is 4.79 Å². The van der Waals surface area contributed by atoms with Crippen LogP contribution in [0.2, 0.25) is 0 Å². The lowest BCUT2D eigenvalue weighted by molar-refractivity contribution is -0.143. The molecule has 1 aliphatic heterocycles. The predicted octanol–water partition coefficient (Wildman–Crippen LogP) is 4.38. The predicted molar refractivity (Wildman–Crippen MR) is 96.6 cm³/mol. The van der Waals surface area contributed by atoms with Crippen molar-refractivity contribution >= 4 is 12.0 Å². The molecule has 0 saturated carbocycles. The van der Waals surface area contributed by atoms with E-state index in [0.717, 1.165) is 25.8 Å². The van der Waals surface area contributed by atoms with Gasteiger partial charge in [0.1, 0.15) is 6.04 Å². The largest absolute Gasteiger partial charge is 0.480 e. The highest BCUT2D eigenvalue weighted by molar-refractivity contribution is 5.74. The van der Waals surface area contributed by atoms with Crippen LogP contribution in [0.25, 0.3) is 6.08 Å². The number of nitrogens with zero attached hydrogens (tertiary/aromatic N) is 1. The summed E-state index contributed by atoms with van der Waals surface area (Å²) in [4.78, 5) is 13.7. The number of aliphatic carboxylic acids is 1. The highest BCUT2D eigenvalue weighted by Crippen LogP contribution is 2.32. The second-order valence-electron chi connectivity index (χ2n) is 6.21. The number of hydrogen-bond acceptors (Lipinski definition) is 2. The summed E-state index contributed by atoms with van der Waals surface area (Å²) in [7, 11) is 0. The Morgan fingerprint density at radius 1 is 1.12 bits per heavy atom. The molecule has 3 nitrogen and oxygen atoms in total. The van der Waals surface area contributed by atoms with Crippen molar-refractivity contribution in [1.29, 1.82) is 0 Å². The molecule has 1 aliphatic rings. The highest BCUT2D eigenvalue weighted by Gasteiger charge is 2.35. The Morgan fingerprint density at radius 3 is 2.46 bits per heavy atom. The van der Waals surface area contributed by atoms with Crippen LogP contribution in [0.1, 0.15) is 36.4 Å². The molecule has 0 bridgehead atoms. The molecule has 1 saturated heterocycles. The molecule has 1 unspecified atom stereocenters. The Kier molecular flexibility index (Phi) is 5.44. The maximum atomic E-state index is 11.6. The first-order valence-electron chi connectivity index (χ1n) is 8.51. The molecule has 3 rings (SSSR count). The zero-order valence-corrected chi connectivity index (χ0v) is 13.7. The summed E-state index contributed by atoms with van der Waals surface area (Å²) < 4.78 is 0. The molecule has 0 aromatic heterocycles. The summed E-state index contributed by atoms with van der Waals surface area (Å²) in [5.74, 6) is -0.708. The van der Waals surface area contributed by atoms with Crippen molar-refractivity contribution < 1.29 is 9.90 Å². The molecule has 2 atom stereocenters. The lowest BCUT2D eigenvalue weighted by atomic mass is 10.00. The van der Waals surface area contributed by atoms with Crippen molar-refractivity contribution in [3.63, 3.8) is 0 Å². The molecule has 2 aromatic rings. The number of benzene rings is 2. The molecule has 0 radical (unpaired) electrons. The van der Waals surface area contributed by atoms with Gasteiger partial charge in [0, 0.05) is 6.04 Å². The van der Waals surface area contributed by atoms with Gasteiger partial charge in [0.05, 0.1) is 0 Å². The fourth-order valence-corrected chi connectivity index (χ4v) is 3.46. The van der Waals surface area contributed by atoms with E-state index in [1.54, 1.807) is 0 Å². The van der Waals surface area contributed by atoms with E-state index in [-0.39, 0.29) is 12.1 Å². The Labute approximate surface area is 143 Å². The molecule has 1 heterocycles. The van der Waals surface area contributed by atoms with E-state index in [2.05, 4.69) is 41.3 Å². The lowest BCUT2D eigenvalue weighted by Gasteiger charge is -2.31. The number of carbonyl (C=O) groups is 1. The quantitative estimate of drug-likeness (QED) is 0.858. The fourth-order valence-electron chi connectivity index (χ4n) is 3.46. The van der Waals surface area contributed by atoms with E-state index >= 15 is 0 Å². The minimum Gasteiger partial charge on any atom is -0.480 e. The Morgan fingerprint density at radius 2 is 1.79 bits per heavy atom.